The van der Waals surface area contributed by atoms with Crippen molar-refractivity contribution in [3.05, 3.63) is 16.4 Å². The highest BCUT2D eigenvalue weighted by atomic mass is 35.5. The lowest BCUT2D eigenvalue weighted by molar-refractivity contribution is -0.141. The van der Waals surface area contributed by atoms with Crippen molar-refractivity contribution in [1.29, 1.82) is 0 Å². The summed E-state index contributed by atoms with van der Waals surface area (Å²) in [5.41, 5.74) is -1.79. The molecule has 1 aromatic rings. The monoisotopic (exact) mass is 246 g/mol. The van der Waals surface area contributed by atoms with E-state index in [0.717, 1.165) is 7.05 Å². The molecule has 1 aromatic heterocycles. The molecule has 0 aliphatic rings. The Morgan fingerprint density at radius 2 is 2.00 bits per heavy atom. The fourth-order valence-corrected chi connectivity index (χ4v) is 1.51. The number of aromatic nitrogens is 2. The highest BCUT2D eigenvalue weighted by Gasteiger charge is 2.39. The van der Waals surface area contributed by atoms with Crippen LogP contribution in [-0.2, 0) is 13.2 Å². The third-order valence-corrected chi connectivity index (χ3v) is 1.98. The Kier molecular flexibility index (Phi) is 2.78. The Bertz CT molecular complexity index is 385. The molecule has 0 atom stereocenters. The molecule has 0 aromatic carbocycles. The summed E-state index contributed by atoms with van der Waals surface area (Å²) < 4.78 is 37.3. The molecule has 0 amide bonds. The lowest BCUT2D eigenvalue weighted by Crippen LogP contribution is -2.07. The van der Waals surface area contributed by atoms with E-state index >= 15 is 0 Å². The van der Waals surface area contributed by atoms with Gasteiger partial charge in [0.25, 0.3) is 5.24 Å². The van der Waals surface area contributed by atoms with Gasteiger partial charge in [-0.15, -0.1) is 0 Å². The molecule has 0 saturated carbocycles. The van der Waals surface area contributed by atoms with E-state index in [4.69, 9.17) is 23.2 Å². The number of carbonyl (C=O) groups excluding carboxylic acids is 1. The van der Waals surface area contributed by atoms with Crippen LogP contribution >= 0.6 is 23.2 Å². The van der Waals surface area contributed by atoms with E-state index in [-0.39, 0.29) is 0 Å². The van der Waals surface area contributed by atoms with Crippen molar-refractivity contribution < 1.29 is 18.0 Å². The van der Waals surface area contributed by atoms with Crippen molar-refractivity contribution in [2.24, 2.45) is 7.05 Å². The normalized spacial score (nSPS) is 11.9. The lowest BCUT2D eigenvalue weighted by atomic mass is 10.3. The van der Waals surface area contributed by atoms with Crippen LogP contribution in [0.25, 0.3) is 0 Å². The summed E-state index contributed by atoms with van der Waals surface area (Å²) in [4.78, 5) is 10.7. The fraction of sp³-hybridized carbons (Fsp3) is 0.333. The summed E-state index contributed by atoms with van der Waals surface area (Å²) >= 11 is 10.3. The summed E-state index contributed by atoms with van der Waals surface area (Å²) in [6.45, 7) is 0. The molecular formula is C6H3Cl2F3N2O. The molecule has 14 heavy (non-hydrogen) atoms. The summed E-state index contributed by atoms with van der Waals surface area (Å²) in [5, 5.41) is 1.20. The van der Waals surface area contributed by atoms with Crippen LogP contribution in [0.3, 0.4) is 0 Å². The van der Waals surface area contributed by atoms with Gasteiger partial charge >= 0.3 is 6.18 Å². The van der Waals surface area contributed by atoms with Gasteiger partial charge in [0, 0.05) is 7.05 Å². The van der Waals surface area contributed by atoms with Gasteiger partial charge in [-0.3, -0.25) is 9.48 Å². The second kappa shape index (κ2) is 3.43. The van der Waals surface area contributed by atoms with Gasteiger partial charge in [-0.25, -0.2) is 0 Å². The molecule has 0 aliphatic heterocycles. The standard InChI is InChI=1S/C6H3Cl2F3N2O/c1-13-3(5(8)14)2(7)4(12-13)6(9,10)11/h1H3. The van der Waals surface area contributed by atoms with Crippen molar-refractivity contribution in [1.82, 2.24) is 9.78 Å². The molecule has 1 heterocycles. The smallest absolute Gasteiger partial charge is 0.274 e. The van der Waals surface area contributed by atoms with E-state index in [1.54, 1.807) is 0 Å². The molecule has 8 heteroatoms. The third-order valence-electron chi connectivity index (χ3n) is 1.44. The molecular weight excluding hydrogens is 244 g/mol. The van der Waals surface area contributed by atoms with E-state index < -0.39 is 27.8 Å². The molecule has 3 nitrogen and oxygen atoms in total. The van der Waals surface area contributed by atoms with E-state index in [1.165, 1.54) is 0 Å². The first-order valence-corrected chi connectivity index (χ1v) is 4.00. The minimum Gasteiger partial charge on any atom is -0.274 e. The van der Waals surface area contributed by atoms with E-state index in [1.807, 2.05) is 0 Å². The third kappa shape index (κ3) is 1.85. The number of rotatable bonds is 1. The van der Waals surface area contributed by atoms with Gasteiger partial charge in [-0.1, -0.05) is 11.6 Å². The minimum absolute atomic E-state index is 0.472. The van der Waals surface area contributed by atoms with Crippen molar-refractivity contribution >= 4 is 28.4 Å². The Balaban J connectivity index is 3.39. The predicted molar refractivity (Wildman–Crippen MR) is 43.4 cm³/mol. The molecule has 1 rings (SSSR count). The number of halogens is 5. The van der Waals surface area contributed by atoms with Crippen LogP contribution in [0.15, 0.2) is 0 Å². The van der Waals surface area contributed by atoms with Gasteiger partial charge in [0.2, 0.25) is 0 Å². The van der Waals surface area contributed by atoms with Gasteiger partial charge in [-0.2, -0.15) is 18.3 Å². The lowest BCUT2D eigenvalue weighted by Gasteiger charge is -2.00. The molecule has 0 bridgehead atoms. The molecule has 78 valence electrons. The Hall–Kier alpha value is -0.750. The van der Waals surface area contributed by atoms with Crippen LogP contribution in [0.2, 0.25) is 5.02 Å². The molecule has 0 unspecified atom stereocenters. The minimum atomic E-state index is -4.70. The van der Waals surface area contributed by atoms with Crippen LogP contribution < -0.4 is 0 Å². The van der Waals surface area contributed by atoms with E-state index in [0.29, 0.717) is 4.68 Å². The van der Waals surface area contributed by atoms with Crippen molar-refractivity contribution in [3.63, 3.8) is 0 Å². The number of hydrogen-bond donors (Lipinski definition) is 0. The molecule has 0 saturated heterocycles. The van der Waals surface area contributed by atoms with Crippen LogP contribution in [0.4, 0.5) is 13.2 Å². The van der Waals surface area contributed by atoms with Gasteiger partial charge in [0.15, 0.2) is 5.69 Å². The Morgan fingerprint density at radius 1 is 1.50 bits per heavy atom. The first-order chi connectivity index (χ1) is 6.25. The molecule has 0 N–H and O–H groups in total. The molecule has 0 aliphatic carbocycles. The molecule has 0 radical (unpaired) electrons. The fourth-order valence-electron chi connectivity index (χ4n) is 0.893. The zero-order chi connectivity index (χ0) is 11.1. The first kappa shape index (κ1) is 11.3. The maximum absolute atomic E-state index is 12.2. The van der Waals surface area contributed by atoms with Gasteiger partial charge < -0.3 is 0 Å². The number of carbonyl (C=O) groups is 1. The largest absolute Gasteiger partial charge is 0.436 e. The molecule has 0 fully saturated rings. The van der Waals surface area contributed by atoms with Crippen molar-refractivity contribution in [2.75, 3.05) is 0 Å². The number of hydrogen-bond acceptors (Lipinski definition) is 2. The summed E-state index contributed by atoms with van der Waals surface area (Å²) in [7, 11) is 1.15. The Morgan fingerprint density at radius 3 is 2.21 bits per heavy atom. The zero-order valence-electron chi connectivity index (χ0n) is 6.69. The quantitative estimate of drug-likeness (QED) is 0.714. The zero-order valence-corrected chi connectivity index (χ0v) is 8.20. The van der Waals surface area contributed by atoms with Crippen molar-refractivity contribution in [2.45, 2.75) is 6.18 Å². The van der Waals surface area contributed by atoms with Gasteiger partial charge in [0.05, 0.1) is 0 Å². The second-order valence-electron chi connectivity index (χ2n) is 2.41. The number of aryl methyl sites for hydroxylation is 1. The van der Waals surface area contributed by atoms with Gasteiger partial charge in [-0.05, 0) is 11.6 Å². The SMILES string of the molecule is Cn1nc(C(F)(F)F)c(Cl)c1C(=O)Cl. The van der Waals surface area contributed by atoms with E-state index in [2.05, 4.69) is 5.10 Å². The summed E-state index contributed by atoms with van der Waals surface area (Å²) in [5.74, 6) is 0. The molecule has 0 spiro atoms. The summed E-state index contributed by atoms with van der Waals surface area (Å²) in [6, 6.07) is 0. The average molecular weight is 247 g/mol. The van der Waals surface area contributed by atoms with Crippen LogP contribution in [0.5, 0.6) is 0 Å². The van der Waals surface area contributed by atoms with Crippen molar-refractivity contribution in [3.8, 4) is 0 Å². The first-order valence-electron chi connectivity index (χ1n) is 3.24. The topological polar surface area (TPSA) is 34.9 Å². The predicted octanol–water partition coefficient (Wildman–Crippen LogP) is 2.47. The maximum Gasteiger partial charge on any atom is 0.436 e. The van der Waals surface area contributed by atoms with Gasteiger partial charge in [0.1, 0.15) is 10.7 Å². The van der Waals surface area contributed by atoms with Crippen LogP contribution in [0.1, 0.15) is 16.2 Å². The second-order valence-corrected chi connectivity index (χ2v) is 3.13. The highest BCUT2D eigenvalue weighted by molar-refractivity contribution is 6.68. The van der Waals surface area contributed by atoms with Crippen LogP contribution in [-0.4, -0.2) is 15.0 Å². The van der Waals surface area contributed by atoms with Crippen LogP contribution in [0, 0.1) is 0 Å². The number of alkyl halides is 3. The highest BCUT2D eigenvalue weighted by Crippen LogP contribution is 2.35. The number of nitrogens with zero attached hydrogens (tertiary/aromatic N) is 2. The average Bonchev–Trinajstić information content (AvgIpc) is 2.24. The Labute approximate surface area is 86.4 Å². The van der Waals surface area contributed by atoms with E-state index in [9.17, 15) is 18.0 Å². The maximum atomic E-state index is 12.2. The summed E-state index contributed by atoms with van der Waals surface area (Å²) in [6.07, 6.45) is -4.70.